The highest BCUT2D eigenvalue weighted by molar-refractivity contribution is 5.98. The second-order valence-electron chi connectivity index (χ2n) is 5.09. The van der Waals surface area contributed by atoms with Crippen LogP contribution in [0.25, 0.3) is 0 Å². The number of alkyl halides is 3. The number of hydrogen-bond donors (Lipinski definition) is 0. The van der Waals surface area contributed by atoms with E-state index < -0.39 is 11.9 Å². The van der Waals surface area contributed by atoms with Gasteiger partial charge in [0.1, 0.15) is 6.54 Å². The Morgan fingerprint density at radius 1 is 1.19 bits per heavy atom. The van der Waals surface area contributed by atoms with Crippen LogP contribution in [0.3, 0.4) is 0 Å². The minimum atomic E-state index is -4.50. The average molecular weight is 296 g/mol. The van der Waals surface area contributed by atoms with Gasteiger partial charge in [-0.2, -0.15) is 18.3 Å². The predicted molar refractivity (Wildman–Crippen MR) is 72.2 cm³/mol. The van der Waals surface area contributed by atoms with Crippen LogP contribution in [0.1, 0.15) is 32.7 Å². The summed E-state index contributed by atoms with van der Waals surface area (Å²) in [5.74, 6) is -0.248. The molecule has 0 saturated heterocycles. The topological polar surface area (TPSA) is 34.9 Å². The fourth-order valence-electron chi connectivity index (χ4n) is 2.45. The molecular formula is C15H15F3N2O. The van der Waals surface area contributed by atoms with Crippen LogP contribution in [0.5, 0.6) is 0 Å². The van der Waals surface area contributed by atoms with Crippen molar-refractivity contribution in [2.24, 2.45) is 0 Å². The molecule has 0 unspecified atom stereocenters. The Bertz CT molecular complexity index is 663. The van der Waals surface area contributed by atoms with E-state index >= 15 is 0 Å². The summed E-state index contributed by atoms with van der Waals surface area (Å²) < 4.78 is 38.4. The lowest BCUT2D eigenvalue weighted by Gasteiger charge is -2.10. The second-order valence-corrected chi connectivity index (χ2v) is 5.09. The van der Waals surface area contributed by atoms with E-state index in [-0.39, 0.29) is 12.3 Å². The molecule has 0 fully saturated rings. The first-order valence-corrected chi connectivity index (χ1v) is 6.40. The molecule has 1 heterocycles. The fourth-order valence-corrected chi connectivity index (χ4v) is 2.45. The summed E-state index contributed by atoms with van der Waals surface area (Å²) in [5, 5.41) is 3.39. The Morgan fingerprint density at radius 2 is 1.76 bits per heavy atom. The van der Waals surface area contributed by atoms with Crippen molar-refractivity contribution in [3.05, 3.63) is 52.3 Å². The molecule has 0 amide bonds. The number of nitrogens with zero attached hydrogens (tertiary/aromatic N) is 2. The van der Waals surface area contributed by atoms with Gasteiger partial charge in [0.25, 0.3) is 0 Å². The second kappa shape index (κ2) is 5.35. The highest BCUT2D eigenvalue weighted by atomic mass is 19.4. The zero-order valence-corrected chi connectivity index (χ0v) is 12.0. The van der Waals surface area contributed by atoms with Crippen molar-refractivity contribution in [1.29, 1.82) is 0 Å². The molecule has 6 heteroatoms. The number of ketones is 1. The Balaban J connectivity index is 2.25. The van der Waals surface area contributed by atoms with Crippen molar-refractivity contribution < 1.29 is 18.0 Å². The molecule has 2 rings (SSSR count). The number of Topliss-reactive ketones (excluding diaryl/α,β-unsaturated/α-hetero) is 1. The van der Waals surface area contributed by atoms with Gasteiger partial charge >= 0.3 is 6.18 Å². The lowest BCUT2D eigenvalue weighted by Crippen LogP contribution is -2.15. The van der Waals surface area contributed by atoms with Crippen molar-refractivity contribution in [1.82, 2.24) is 9.78 Å². The third kappa shape index (κ3) is 3.32. The molecule has 21 heavy (non-hydrogen) atoms. The SMILES string of the molecule is Cc1cc(C)c(C(=O)Cn2ccc(C(F)(F)F)n2)c(C)c1. The van der Waals surface area contributed by atoms with E-state index in [0.717, 1.165) is 27.4 Å². The maximum atomic E-state index is 12.5. The number of benzene rings is 1. The minimum absolute atomic E-state index is 0.208. The number of aryl methyl sites for hydroxylation is 3. The van der Waals surface area contributed by atoms with Crippen LogP contribution < -0.4 is 0 Å². The molecule has 1 aromatic carbocycles. The average Bonchev–Trinajstić information content (AvgIpc) is 2.75. The van der Waals surface area contributed by atoms with Gasteiger partial charge in [-0.15, -0.1) is 0 Å². The fraction of sp³-hybridized carbons (Fsp3) is 0.333. The third-order valence-electron chi connectivity index (χ3n) is 3.19. The van der Waals surface area contributed by atoms with Crippen LogP contribution in [-0.4, -0.2) is 15.6 Å². The molecule has 0 spiro atoms. The van der Waals surface area contributed by atoms with Gasteiger partial charge in [-0.3, -0.25) is 9.48 Å². The maximum absolute atomic E-state index is 12.5. The van der Waals surface area contributed by atoms with E-state index in [1.54, 1.807) is 0 Å². The summed E-state index contributed by atoms with van der Waals surface area (Å²) in [4.78, 5) is 12.3. The van der Waals surface area contributed by atoms with Crippen LogP contribution in [0.2, 0.25) is 0 Å². The number of hydrogen-bond acceptors (Lipinski definition) is 2. The van der Waals surface area contributed by atoms with Crippen molar-refractivity contribution in [3.63, 3.8) is 0 Å². The van der Waals surface area contributed by atoms with E-state index in [0.29, 0.717) is 5.56 Å². The van der Waals surface area contributed by atoms with Gasteiger partial charge < -0.3 is 0 Å². The Kier molecular flexibility index (Phi) is 3.89. The first-order valence-electron chi connectivity index (χ1n) is 6.40. The van der Waals surface area contributed by atoms with Crippen molar-refractivity contribution in [2.45, 2.75) is 33.5 Å². The number of carbonyl (C=O) groups excluding carboxylic acids is 1. The summed E-state index contributed by atoms with van der Waals surface area (Å²) in [6.07, 6.45) is -3.33. The summed E-state index contributed by atoms with van der Waals surface area (Å²) in [6, 6.07) is 4.62. The molecule has 0 aliphatic carbocycles. The summed E-state index contributed by atoms with van der Waals surface area (Å²) in [7, 11) is 0. The van der Waals surface area contributed by atoms with Gasteiger partial charge in [-0.1, -0.05) is 17.7 Å². The van der Waals surface area contributed by atoms with Gasteiger partial charge in [-0.25, -0.2) is 0 Å². The Hall–Kier alpha value is -2.11. The summed E-state index contributed by atoms with van der Waals surface area (Å²) in [6.45, 7) is 5.35. The molecule has 0 saturated carbocycles. The first kappa shape index (κ1) is 15.3. The van der Waals surface area contributed by atoms with Crippen molar-refractivity contribution in [2.75, 3.05) is 0 Å². The molecule has 0 aliphatic heterocycles. The van der Waals surface area contributed by atoms with E-state index in [9.17, 15) is 18.0 Å². The van der Waals surface area contributed by atoms with E-state index in [2.05, 4.69) is 5.10 Å². The molecule has 0 radical (unpaired) electrons. The summed E-state index contributed by atoms with van der Waals surface area (Å²) in [5.41, 5.74) is 2.23. The van der Waals surface area contributed by atoms with Crippen LogP contribution in [-0.2, 0) is 12.7 Å². The number of carbonyl (C=O) groups is 1. The van der Waals surface area contributed by atoms with E-state index in [4.69, 9.17) is 0 Å². The minimum Gasteiger partial charge on any atom is -0.292 e. The van der Waals surface area contributed by atoms with Crippen molar-refractivity contribution >= 4 is 5.78 Å². The van der Waals surface area contributed by atoms with E-state index in [1.807, 2.05) is 32.9 Å². The van der Waals surface area contributed by atoms with Gasteiger partial charge in [-0.05, 0) is 38.0 Å². The number of aromatic nitrogens is 2. The van der Waals surface area contributed by atoms with Crippen LogP contribution >= 0.6 is 0 Å². The number of rotatable bonds is 3. The molecule has 2 aromatic rings. The van der Waals surface area contributed by atoms with Crippen LogP contribution in [0.15, 0.2) is 24.4 Å². The molecule has 3 nitrogen and oxygen atoms in total. The zero-order chi connectivity index (χ0) is 15.8. The lowest BCUT2D eigenvalue weighted by atomic mass is 9.96. The highest BCUT2D eigenvalue weighted by Gasteiger charge is 2.33. The van der Waals surface area contributed by atoms with Gasteiger partial charge in [0.05, 0.1) is 0 Å². The quantitative estimate of drug-likeness (QED) is 0.809. The normalized spacial score (nSPS) is 11.7. The molecule has 0 bridgehead atoms. The van der Waals surface area contributed by atoms with Crippen molar-refractivity contribution in [3.8, 4) is 0 Å². The monoisotopic (exact) mass is 296 g/mol. The van der Waals surface area contributed by atoms with Gasteiger partial charge in [0.15, 0.2) is 11.5 Å². The lowest BCUT2D eigenvalue weighted by molar-refractivity contribution is -0.141. The van der Waals surface area contributed by atoms with Gasteiger partial charge in [0, 0.05) is 11.8 Å². The molecule has 1 aromatic heterocycles. The molecule has 0 aliphatic rings. The smallest absolute Gasteiger partial charge is 0.292 e. The zero-order valence-electron chi connectivity index (χ0n) is 12.0. The van der Waals surface area contributed by atoms with Gasteiger partial charge in [0.2, 0.25) is 0 Å². The Labute approximate surface area is 120 Å². The summed E-state index contributed by atoms with van der Waals surface area (Å²) >= 11 is 0. The molecule has 0 atom stereocenters. The van der Waals surface area contributed by atoms with Crippen LogP contribution in [0.4, 0.5) is 13.2 Å². The first-order chi connectivity index (χ1) is 9.68. The number of halogens is 3. The molecule has 0 N–H and O–H groups in total. The maximum Gasteiger partial charge on any atom is 0.435 e. The Morgan fingerprint density at radius 3 is 2.24 bits per heavy atom. The van der Waals surface area contributed by atoms with Crippen LogP contribution in [0, 0.1) is 20.8 Å². The van der Waals surface area contributed by atoms with E-state index in [1.165, 1.54) is 6.20 Å². The highest BCUT2D eigenvalue weighted by Crippen LogP contribution is 2.27. The molecule has 112 valence electrons. The molecular weight excluding hydrogens is 281 g/mol. The third-order valence-corrected chi connectivity index (χ3v) is 3.19. The predicted octanol–water partition coefficient (Wildman–Crippen LogP) is 3.71. The largest absolute Gasteiger partial charge is 0.435 e. The standard InChI is InChI=1S/C15H15F3N2O/c1-9-6-10(2)14(11(3)7-9)12(21)8-20-5-4-13(19-20)15(16,17)18/h4-7H,8H2,1-3H3.